The van der Waals surface area contributed by atoms with E-state index < -0.39 is 0 Å². The predicted molar refractivity (Wildman–Crippen MR) is 87.5 cm³/mol. The van der Waals surface area contributed by atoms with Gasteiger partial charge in [0, 0.05) is 9.77 Å². The summed E-state index contributed by atoms with van der Waals surface area (Å²) in [4.78, 5) is 6.76. The van der Waals surface area contributed by atoms with E-state index in [0.29, 0.717) is 22.5 Å². The van der Waals surface area contributed by atoms with Crippen molar-refractivity contribution >= 4 is 28.1 Å². The first-order chi connectivity index (χ1) is 10.1. The third kappa shape index (κ3) is 3.28. The molecule has 6 heteroatoms. The normalized spacial score (nSPS) is 11.0. The molecule has 0 saturated heterocycles. The lowest BCUT2D eigenvalue weighted by Crippen LogP contribution is -1.86. The highest BCUT2D eigenvalue weighted by Gasteiger charge is 2.14. The van der Waals surface area contributed by atoms with Gasteiger partial charge in [-0.05, 0) is 32.0 Å². The SMILES string of the molecule is Cc1cccc(SCc2noc(-c3cc(C)sc3N)n2)c1. The molecule has 2 aromatic heterocycles. The van der Waals surface area contributed by atoms with E-state index in [1.807, 2.05) is 19.1 Å². The molecule has 0 aliphatic rings. The lowest BCUT2D eigenvalue weighted by Gasteiger charge is -1.99. The summed E-state index contributed by atoms with van der Waals surface area (Å²) in [7, 11) is 0. The van der Waals surface area contributed by atoms with Gasteiger partial charge in [-0.15, -0.1) is 23.1 Å². The average Bonchev–Trinajstić information content (AvgIpc) is 3.03. The molecule has 0 amide bonds. The van der Waals surface area contributed by atoms with Crippen LogP contribution in [-0.2, 0) is 5.75 Å². The summed E-state index contributed by atoms with van der Waals surface area (Å²) in [6, 6.07) is 10.3. The van der Waals surface area contributed by atoms with Crippen LogP contribution in [0.1, 0.15) is 16.3 Å². The monoisotopic (exact) mass is 317 g/mol. The smallest absolute Gasteiger partial charge is 0.260 e. The molecule has 2 heterocycles. The minimum Gasteiger partial charge on any atom is -0.390 e. The predicted octanol–water partition coefficient (Wildman–Crippen LogP) is 4.29. The van der Waals surface area contributed by atoms with Gasteiger partial charge < -0.3 is 10.3 Å². The molecule has 3 rings (SSSR count). The van der Waals surface area contributed by atoms with Crippen molar-refractivity contribution in [3.8, 4) is 11.5 Å². The maximum Gasteiger partial charge on any atom is 0.260 e. The summed E-state index contributed by atoms with van der Waals surface area (Å²) in [6.45, 7) is 4.09. The molecule has 0 fully saturated rings. The Balaban J connectivity index is 1.72. The van der Waals surface area contributed by atoms with E-state index in [1.165, 1.54) is 21.8 Å². The molecule has 0 radical (unpaired) electrons. The minimum atomic E-state index is 0.497. The number of nitrogens with two attached hydrogens (primary N) is 1. The first-order valence-electron chi connectivity index (χ1n) is 6.50. The summed E-state index contributed by atoms with van der Waals surface area (Å²) in [5, 5.41) is 4.74. The van der Waals surface area contributed by atoms with Crippen molar-refractivity contribution in [2.24, 2.45) is 0 Å². The van der Waals surface area contributed by atoms with E-state index in [2.05, 4.69) is 35.3 Å². The summed E-state index contributed by atoms with van der Waals surface area (Å²) >= 11 is 3.22. The van der Waals surface area contributed by atoms with Gasteiger partial charge in [-0.25, -0.2) is 0 Å². The maximum atomic E-state index is 5.95. The van der Waals surface area contributed by atoms with Crippen LogP contribution in [0.25, 0.3) is 11.5 Å². The molecule has 108 valence electrons. The molecule has 0 saturated carbocycles. The number of nitrogen functional groups attached to an aromatic ring is 1. The number of aromatic nitrogens is 2. The summed E-state index contributed by atoms with van der Waals surface area (Å²) in [5.41, 5.74) is 8.03. The second kappa shape index (κ2) is 5.91. The van der Waals surface area contributed by atoms with Crippen LogP contribution in [0.4, 0.5) is 5.00 Å². The van der Waals surface area contributed by atoms with Gasteiger partial charge in [0.1, 0.15) is 0 Å². The number of aryl methyl sites for hydroxylation is 2. The summed E-state index contributed by atoms with van der Waals surface area (Å²) in [5.74, 6) is 1.85. The molecule has 21 heavy (non-hydrogen) atoms. The van der Waals surface area contributed by atoms with E-state index in [1.54, 1.807) is 11.8 Å². The van der Waals surface area contributed by atoms with Crippen molar-refractivity contribution < 1.29 is 4.52 Å². The zero-order valence-corrected chi connectivity index (χ0v) is 13.4. The molecule has 3 aromatic rings. The van der Waals surface area contributed by atoms with E-state index in [4.69, 9.17) is 10.3 Å². The third-order valence-corrected chi connectivity index (χ3v) is 4.81. The molecule has 4 nitrogen and oxygen atoms in total. The van der Waals surface area contributed by atoms with Gasteiger partial charge in [0.25, 0.3) is 5.89 Å². The number of hydrogen-bond acceptors (Lipinski definition) is 6. The number of thiophene rings is 1. The van der Waals surface area contributed by atoms with E-state index in [0.717, 1.165) is 10.4 Å². The van der Waals surface area contributed by atoms with Crippen LogP contribution in [0.5, 0.6) is 0 Å². The number of thioether (sulfide) groups is 1. The fourth-order valence-corrected chi connectivity index (χ4v) is 3.61. The van der Waals surface area contributed by atoms with Crippen LogP contribution >= 0.6 is 23.1 Å². The number of benzene rings is 1. The number of hydrogen-bond donors (Lipinski definition) is 1. The van der Waals surface area contributed by atoms with E-state index >= 15 is 0 Å². The molecule has 0 aliphatic heterocycles. The van der Waals surface area contributed by atoms with Gasteiger partial charge in [-0.3, -0.25) is 0 Å². The number of rotatable bonds is 4. The van der Waals surface area contributed by atoms with Gasteiger partial charge in [0.2, 0.25) is 0 Å². The van der Waals surface area contributed by atoms with Gasteiger partial charge >= 0.3 is 0 Å². The summed E-state index contributed by atoms with van der Waals surface area (Å²) in [6.07, 6.45) is 0. The lowest BCUT2D eigenvalue weighted by atomic mass is 10.2. The first kappa shape index (κ1) is 14.2. The van der Waals surface area contributed by atoms with Crippen molar-refractivity contribution in [2.45, 2.75) is 24.5 Å². The molecule has 0 bridgehead atoms. The number of anilines is 1. The zero-order chi connectivity index (χ0) is 14.8. The van der Waals surface area contributed by atoms with Gasteiger partial charge in [-0.1, -0.05) is 22.9 Å². The maximum absolute atomic E-state index is 5.95. The Morgan fingerprint density at radius 1 is 1.29 bits per heavy atom. The van der Waals surface area contributed by atoms with Gasteiger partial charge in [-0.2, -0.15) is 4.98 Å². The quantitative estimate of drug-likeness (QED) is 0.727. The van der Waals surface area contributed by atoms with Gasteiger partial charge in [0.15, 0.2) is 5.82 Å². The Morgan fingerprint density at radius 2 is 2.14 bits per heavy atom. The number of nitrogens with zero attached hydrogens (tertiary/aromatic N) is 2. The van der Waals surface area contributed by atoms with Crippen LogP contribution in [-0.4, -0.2) is 10.1 Å². The molecular weight excluding hydrogens is 302 g/mol. The Bertz CT molecular complexity index is 764. The van der Waals surface area contributed by atoms with Crippen LogP contribution in [0.2, 0.25) is 0 Å². The van der Waals surface area contributed by atoms with Crippen molar-refractivity contribution in [3.05, 3.63) is 46.6 Å². The van der Waals surface area contributed by atoms with Crippen molar-refractivity contribution in [1.29, 1.82) is 0 Å². The molecule has 1 aromatic carbocycles. The van der Waals surface area contributed by atoms with Crippen LogP contribution < -0.4 is 5.73 Å². The highest BCUT2D eigenvalue weighted by molar-refractivity contribution is 7.98. The highest BCUT2D eigenvalue weighted by Crippen LogP contribution is 2.33. The molecular formula is C15H15N3OS2. The van der Waals surface area contributed by atoms with Crippen LogP contribution in [0.15, 0.2) is 39.8 Å². The molecule has 0 unspecified atom stereocenters. The standard InChI is InChI=1S/C15H15N3OS2/c1-9-4-3-5-11(6-9)20-8-13-17-15(19-18-13)12-7-10(2)21-14(12)16/h3-7H,8,16H2,1-2H3. The zero-order valence-electron chi connectivity index (χ0n) is 11.8. The third-order valence-electron chi connectivity index (χ3n) is 2.94. The fourth-order valence-electron chi connectivity index (χ4n) is 1.97. The minimum absolute atomic E-state index is 0.497. The fraction of sp³-hybridized carbons (Fsp3) is 0.200. The second-order valence-corrected chi connectivity index (χ2v) is 7.09. The highest BCUT2D eigenvalue weighted by atomic mass is 32.2. The van der Waals surface area contributed by atoms with Crippen LogP contribution in [0, 0.1) is 13.8 Å². The molecule has 0 spiro atoms. The lowest BCUT2D eigenvalue weighted by molar-refractivity contribution is 0.425. The Kier molecular flexibility index (Phi) is 3.98. The van der Waals surface area contributed by atoms with E-state index in [-0.39, 0.29) is 0 Å². The second-order valence-electron chi connectivity index (χ2n) is 4.76. The van der Waals surface area contributed by atoms with Crippen molar-refractivity contribution in [1.82, 2.24) is 10.1 Å². The average molecular weight is 317 g/mol. The van der Waals surface area contributed by atoms with Crippen molar-refractivity contribution in [2.75, 3.05) is 5.73 Å². The largest absolute Gasteiger partial charge is 0.390 e. The molecule has 2 N–H and O–H groups in total. The van der Waals surface area contributed by atoms with Crippen LogP contribution in [0.3, 0.4) is 0 Å². The Labute approximate surface area is 131 Å². The molecule has 0 atom stereocenters. The Morgan fingerprint density at radius 3 is 2.86 bits per heavy atom. The van der Waals surface area contributed by atoms with Crippen molar-refractivity contribution in [3.63, 3.8) is 0 Å². The van der Waals surface area contributed by atoms with Gasteiger partial charge in [0.05, 0.1) is 16.3 Å². The van der Waals surface area contributed by atoms with E-state index in [9.17, 15) is 0 Å². The summed E-state index contributed by atoms with van der Waals surface area (Å²) < 4.78 is 5.31. The Hall–Kier alpha value is -1.79. The first-order valence-corrected chi connectivity index (χ1v) is 8.30. The topological polar surface area (TPSA) is 64.9 Å². The molecule has 0 aliphatic carbocycles.